The maximum Gasteiger partial charge on any atom is 0.225 e. The lowest BCUT2D eigenvalue weighted by atomic mass is 10.4. The van der Waals surface area contributed by atoms with Gasteiger partial charge in [0.15, 0.2) is 0 Å². The topological polar surface area (TPSA) is 20.3 Å². The van der Waals surface area contributed by atoms with E-state index >= 15 is 0 Å². The van der Waals surface area contributed by atoms with Crippen LogP contribution in [0.1, 0.15) is 19.8 Å². The molecule has 0 spiro atoms. The van der Waals surface area contributed by atoms with Gasteiger partial charge in [0.25, 0.3) is 0 Å². The molecule has 2 nitrogen and oxygen atoms in total. The molecular weight excluding hydrogens is 145 g/mol. The van der Waals surface area contributed by atoms with Crippen LogP contribution in [0.5, 0.6) is 0 Å². The average Bonchev–Trinajstić information content (AvgIpc) is 2.34. The number of amides is 1. The van der Waals surface area contributed by atoms with Crippen molar-refractivity contribution in [1.29, 1.82) is 0 Å². The first-order valence-electron chi connectivity index (χ1n) is 3.77. The maximum atomic E-state index is 11.1. The molecule has 1 saturated heterocycles. The highest BCUT2D eigenvalue weighted by atomic mass is 31.1. The van der Waals surface area contributed by atoms with Gasteiger partial charge >= 0.3 is 0 Å². The van der Waals surface area contributed by atoms with Crippen LogP contribution in [0.4, 0.5) is 0 Å². The van der Waals surface area contributed by atoms with Crippen molar-refractivity contribution in [2.75, 3.05) is 19.4 Å². The van der Waals surface area contributed by atoms with E-state index in [1.54, 1.807) is 0 Å². The van der Waals surface area contributed by atoms with Crippen molar-refractivity contribution >= 4 is 14.0 Å². The zero-order valence-electron chi connectivity index (χ0n) is 6.63. The van der Waals surface area contributed by atoms with Gasteiger partial charge in [0.1, 0.15) is 0 Å². The number of carbonyl (C=O) groups excluding carboxylic acids is 1. The summed E-state index contributed by atoms with van der Waals surface area (Å²) in [6, 6.07) is 0. The molecule has 0 bridgehead atoms. The van der Waals surface area contributed by atoms with Crippen molar-refractivity contribution in [3.63, 3.8) is 0 Å². The molecule has 0 aromatic heterocycles. The monoisotopic (exact) mass is 159 g/mol. The van der Waals surface area contributed by atoms with E-state index in [9.17, 15) is 4.79 Å². The Morgan fingerprint density at radius 2 is 2.40 bits per heavy atom. The van der Waals surface area contributed by atoms with Crippen molar-refractivity contribution in [1.82, 2.24) is 4.67 Å². The quantitative estimate of drug-likeness (QED) is 0.561. The molecule has 1 aliphatic rings. The van der Waals surface area contributed by atoms with Crippen molar-refractivity contribution < 1.29 is 4.79 Å². The standard InChI is InChI=1S/C7H14NOP/c1-3-10(2)8-6-4-5-7(8)9/h3-6H2,1-2H3. The molecule has 1 fully saturated rings. The number of hydrogen-bond donors (Lipinski definition) is 0. The lowest BCUT2D eigenvalue weighted by molar-refractivity contribution is -0.123. The molecular formula is C7H14NOP. The largest absolute Gasteiger partial charge is 0.322 e. The fraction of sp³-hybridized carbons (Fsp3) is 0.857. The van der Waals surface area contributed by atoms with Crippen LogP contribution in [0.3, 0.4) is 0 Å². The van der Waals surface area contributed by atoms with E-state index in [1.807, 2.05) is 0 Å². The average molecular weight is 159 g/mol. The fourth-order valence-corrected chi connectivity index (χ4v) is 2.47. The third-order valence-corrected chi connectivity index (χ3v) is 4.08. The van der Waals surface area contributed by atoms with Crippen LogP contribution in [0.2, 0.25) is 0 Å². The minimum Gasteiger partial charge on any atom is -0.322 e. The summed E-state index contributed by atoms with van der Waals surface area (Å²) in [7, 11) is -0.135. The van der Waals surface area contributed by atoms with Crippen LogP contribution in [0, 0.1) is 0 Å². The van der Waals surface area contributed by atoms with Crippen LogP contribution in [-0.4, -0.2) is 29.9 Å². The summed E-state index contributed by atoms with van der Waals surface area (Å²) < 4.78 is 2.05. The van der Waals surface area contributed by atoms with Gasteiger partial charge in [-0.1, -0.05) is 6.92 Å². The van der Waals surface area contributed by atoms with Gasteiger partial charge in [-0.3, -0.25) is 4.79 Å². The van der Waals surface area contributed by atoms with Crippen molar-refractivity contribution in [2.24, 2.45) is 0 Å². The summed E-state index contributed by atoms with van der Waals surface area (Å²) >= 11 is 0. The molecule has 1 heterocycles. The van der Waals surface area contributed by atoms with Gasteiger partial charge in [0.2, 0.25) is 5.91 Å². The molecule has 1 amide bonds. The Hall–Kier alpha value is -0.100. The van der Waals surface area contributed by atoms with Crippen molar-refractivity contribution in [2.45, 2.75) is 19.8 Å². The SMILES string of the molecule is CCP(C)N1CCCC1=O. The van der Waals surface area contributed by atoms with Crippen molar-refractivity contribution in [3.05, 3.63) is 0 Å². The van der Waals surface area contributed by atoms with Crippen LogP contribution >= 0.6 is 8.07 Å². The Morgan fingerprint density at radius 1 is 1.70 bits per heavy atom. The van der Waals surface area contributed by atoms with Gasteiger partial charge in [-0.25, -0.2) is 0 Å². The molecule has 3 heteroatoms. The number of nitrogens with zero attached hydrogens (tertiary/aromatic N) is 1. The van der Waals surface area contributed by atoms with Gasteiger partial charge in [-0.05, 0) is 27.3 Å². The highest BCUT2D eigenvalue weighted by Crippen LogP contribution is 2.38. The number of carbonyl (C=O) groups is 1. The van der Waals surface area contributed by atoms with Gasteiger partial charge < -0.3 is 4.67 Å². The smallest absolute Gasteiger partial charge is 0.225 e. The number of hydrogen-bond acceptors (Lipinski definition) is 1. The lowest BCUT2D eigenvalue weighted by Gasteiger charge is -2.22. The van der Waals surface area contributed by atoms with Gasteiger partial charge in [-0.15, -0.1) is 0 Å². The first kappa shape index (κ1) is 8.00. The molecule has 10 heavy (non-hydrogen) atoms. The third kappa shape index (κ3) is 1.49. The van der Waals surface area contributed by atoms with Gasteiger partial charge in [0, 0.05) is 13.0 Å². The second kappa shape index (κ2) is 3.34. The van der Waals surface area contributed by atoms with E-state index < -0.39 is 0 Å². The van der Waals surface area contributed by atoms with E-state index in [1.165, 1.54) is 0 Å². The maximum absolute atomic E-state index is 11.1. The first-order chi connectivity index (χ1) is 4.75. The molecule has 58 valence electrons. The van der Waals surface area contributed by atoms with Gasteiger partial charge in [0.05, 0.1) is 0 Å². The van der Waals surface area contributed by atoms with Gasteiger partial charge in [-0.2, -0.15) is 0 Å². The Balaban J connectivity index is 2.46. The predicted octanol–water partition coefficient (Wildman–Crippen LogP) is 1.66. The third-order valence-electron chi connectivity index (χ3n) is 1.92. The molecule has 0 aromatic rings. The molecule has 0 radical (unpaired) electrons. The highest BCUT2D eigenvalue weighted by molar-refractivity contribution is 7.55. The van der Waals surface area contributed by atoms with E-state index in [4.69, 9.17) is 0 Å². The minimum absolute atomic E-state index is 0.135. The van der Waals surface area contributed by atoms with Crippen LogP contribution in [0.15, 0.2) is 0 Å². The molecule has 0 saturated carbocycles. The summed E-state index contributed by atoms with van der Waals surface area (Å²) in [5, 5.41) is 0. The second-order valence-corrected chi connectivity index (χ2v) is 5.02. The molecule has 0 aromatic carbocycles. The Bertz CT molecular complexity index is 138. The Labute approximate surface area is 63.4 Å². The molecule has 0 N–H and O–H groups in total. The fourth-order valence-electron chi connectivity index (χ4n) is 1.17. The molecule has 0 aliphatic carbocycles. The Kier molecular flexibility index (Phi) is 2.67. The summed E-state index contributed by atoms with van der Waals surface area (Å²) in [4.78, 5) is 11.1. The van der Waals surface area contributed by atoms with E-state index in [-0.39, 0.29) is 8.07 Å². The zero-order valence-corrected chi connectivity index (χ0v) is 7.53. The predicted molar refractivity (Wildman–Crippen MR) is 44.3 cm³/mol. The molecule has 1 rings (SSSR count). The molecule has 1 atom stereocenters. The van der Waals surface area contributed by atoms with Crippen LogP contribution in [0.25, 0.3) is 0 Å². The van der Waals surface area contributed by atoms with Crippen LogP contribution in [-0.2, 0) is 4.79 Å². The number of rotatable bonds is 2. The summed E-state index contributed by atoms with van der Waals surface area (Å²) in [5.41, 5.74) is 0. The molecule has 1 unspecified atom stereocenters. The summed E-state index contributed by atoms with van der Waals surface area (Å²) in [5.74, 6) is 0.371. The van der Waals surface area contributed by atoms with Crippen LogP contribution < -0.4 is 0 Å². The minimum atomic E-state index is -0.135. The summed E-state index contributed by atoms with van der Waals surface area (Å²) in [6.07, 6.45) is 3.00. The second-order valence-electron chi connectivity index (χ2n) is 2.59. The molecule has 1 aliphatic heterocycles. The van der Waals surface area contributed by atoms with E-state index in [2.05, 4.69) is 18.3 Å². The van der Waals surface area contributed by atoms with E-state index in [0.717, 1.165) is 25.5 Å². The normalized spacial score (nSPS) is 21.8. The first-order valence-corrected chi connectivity index (χ1v) is 5.69. The highest BCUT2D eigenvalue weighted by Gasteiger charge is 2.23. The Morgan fingerprint density at radius 3 is 2.80 bits per heavy atom. The lowest BCUT2D eigenvalue weighted by Crippen LogP contribution is -2.18. The summed E-state index contributed by atoms with van der Waals surface area (Å²) in [6.45, 7) is 5.34. The van der Waals surface area contributed by atoms with Crippen molar-refractivity contribution in [3.8, 4) is 0 Å². The zero-order chi connectivity index (χ0) is 7.56. The van der Waals surface area contributed by atoms with E-state index in [0.29, 0.717) is 5.91 Å².